The molecule has 3 aromatic heterocycles. The molecule has 0 spiro atoms. The highest BCUT2D eigenvalue weighted by molar-refractivity contribution is 7.98. The maximum Gasteiger partial charge on any atom is 0.260 e. The van der Waals surface area contributed by atoms with Gasteiger partial charge in [-0.1, -0.05) is 54.4 Å². The zero-order valence-corrected chi connectivity index (χ0v) is 17.7. The van der Waals surface area contributed by atoms with Gasteiger partial charge in [-0.2, -0.15) is 0 Å². The Morgan fingerprint density at radius 1 is 1.24 bits per heavy atom. The standard InChI is InChI=1S/C19H17ClN6OS2/c20-14-8-4-3-7-12(14)13-9-28-18-16(13)17(27)21-15(22-18)10-29-19-23-24-25-26(19)11-5-1-2-6-11/h3-4,7-9,11H,1-2,5-6,10H2,(H,21,22,27). The number of rotatable bonds is 5. The molecule has 0 radical (unpaired) electrons. The minimum atomic E-state index is -0.155. The fourth-order valence-corrected chi connectivity index (χ4v) is 5.74. The highest BCUT2D eigenvalue weighted by Crippen LogP contribution is 2.35. The van der Waals surface area contributed by atoms with Gasteiger partial charge in [0.2, 0.25) is 5.16 Å². The maximum atomic E-state index is 12.8. The third kappa shape index (κ3) is 3.58. The van der Waals surface area contributed by atoms with E-state index in [4.69, 9.17) is 11.6 Å². The lowest BCUT2D eigenvalue weighted by atomic mass is 10.1. The molecule has 0 unspecified atom stereocenters. The Morgan fingerprint density at radius 3 is 2.90 bits per heavy atom. The van der Waals surface area contributed by atoms with E-state index < -0.39 is 0 Å². The molecule has 1 aliphatic carbocycles. The van der Waals surface area contributed by atoms with Crippen LogP contribution in [0.1, 0.15) is 37.5 Å². The molecule has 10 heteroatoms. The number of nitrogens with zero attached hydrogens (tertiary/aromatic N) is 5. The minimum Gasteiger partial charge on any atom is -0.309 e. The molecule has 1 saturated carbocycles. The van der Waals surface area contributed by atoms with Crippen molar-refractivity contribution in [3.63, 3.8) is 0 Å². The average molecular weight is 445 g/mol. The summed E-state index contributed by atoms with van der Waals surface area (Å²) < 4.78 is 1.91. The van der Waals surface area contributed by atoms with E-state index in [-0.39, 0.29) is 5.56 Å². The van der Waals surface area contributed by atoms with Crippen LogP contribution in [0.2, 0.25) is 5.02 Å². The summed E-state index contributed by atoms with van der Waals surface area (Å²) in [5.74, 6) is 1.11. The first-order valence-electron chi connectivity index (χ1n) is 9.36. The third-order valence-corrected chi connectivity index (χ3v) is 7.27. The molecule has 5 rings (SSSR count). The Labute approximate surface area is 179 Å². The van der Waals surface area contributed by atoms with Crippen LogP contribution in [-0.4, -0.2) is 30.2 Å². The zero-order chi connectivity index (χ0) is 19.8. The Hall–Kier alpha value is -2.23. The molecule has 1 aromatic carbocycles. The highest BCUT2D eigenvalue weighted by atomic mass is 35.5. The third-order valence-electron chi connectivity index (χ3n) is 5.13. The smallest absolute Gasteiger partial charge is 0.260 e. The van der Waals surface area contributed by atoms with Gasteiger partial charge in [-0.05, 0) is 29.3 Å². The number of thioether (sulfide) groups is 1. The van der Waals surface area contributed by atoms with E-state index in [1.165, 1.54) is 35.9 Å². The van der Waals surface area contributed by atoms with Gasteiger partial charge in [0.25, 0.3) is 5.56 Å². The van der Waals surface area contributed by atoms with E-state index in [9.17, 15) is 4.79 Å². The summed E-state index contributed by atoms with van der Waals surface area (Å²) in [7, 11) is 0. The Kier molecular flexibility index (Phi) is 5.11. The van der Waals surface area contributed by atoms with Crippen LogP contribution in [-0.2, 0) is 5.75 Å². The second-order valence-corrected chi connectivity index (χ2v) is 9.16. The Morgan fingerprint density at radius 2 is 2.07 bits per heavy atom. The first-order chi connectivity index (χ1) is 14.2. The van der Waals surface area contributed by atoms with E-state index in [0.717, 1.165) is 29.1 Å². The van der Waals surface area contributed by atoms with E-state index in [2.05, 4.69) is 25.5 Å². The Balaban J connectivity index is 1.42. The van der Waals surface area contributed by atoms with E-state index in [1.807, 2.05) is 34.3 Å². The second-order valence-electron chi connectivity index (χ2n) is 6.95. The number of hydrogen-bond donors (Lipinski definition) is 1. The van der Waals surface area contributed by atoms with Gasteiger partial charge >= 0.3 is 0 Å². The molecule has 1 aliphatic rings. The lowest BCUT2D eigenvalue weighted by Gasteiger charge is -2.10. The van der Waals surface area contributed by atoms with Crippen molar-refractivity contribution < 1.29 is 0 Å². The molecule has 0 amide bonds. The molecule has 0 saturated heterocycles. The molecule has 29 heavy (non-hydrogen) atoms. The molecular formula is C19H17ClN6OS2. The molecule has 148 valence electrons. The molecule has 0 bridgehead atoms. The van der Waals surface area contributed by atoms with Crippen LogP contribution in [0.4, 0.5) is 0 Å². The first-order valence-corrected chi connectivity index (χ1v) is 11.6. The second kappa shape index (κ2) is 7.89. The number of aromatic nitrogens is 6. The van der Waals surface area contributed by atoms with E-state index in [0.29, 0.717) is 32.9 Å². The van der Waals surface area contributed by atoms with Crippen LogP contribution < -0.4 is 5.56 Å². The average Bonchev–Trinajstić information content (AvgIpc) is 3.46. The fourth-order valence-electron chi connectivity index (χ4n) is 3.73. The van der Waals surface area contributed by atoms with Crippen LogP contribution in [0, 0.1) is 0 Å². The van der Waals surface area contributed by atoms with Crippen molar-refractivity contribution in [1.82, 2.24) is 30.2 Å². The summed E-state index contributed by atoms with van der Waals surface area (Å²) in [6.45, 7) is 0. The van der Waals surface area contributed by atoms with Crippen molar-refractivity contribution in [1.29, 1.82) is 0 Å². The number of halogens is 1. The summed E-state index contributed by atoms with van der Waals surface area (Å²) in [5, 5.41) is 16.0. The summed E-state index contributed by atoms with van der Waals surface area (Å²) in [6, 6.07) is 7.89. The van der Waals surface area contributed by atoms with Crippen molar-refractivity contribution in [2.75, 3.05) is 0 Å². The van der Waals surface area contributed by atoms with E-state index in [1.54, 1.807) is 0 Å². The molecule has 4 aromatic rings. The van der Waals surface area contributed by atoms with Crippen molar-refractivity contribution in [2.45, 2.75) is 42.6 Å². The maximum absolute atomic E-state index is 12.8. The van der Waals surface area contributed by atoms with Crippen LogP contribution in [0.3, 0.4) is 0 Å². The predicted octanol–water partition coefficient (Wildman–Crippen LogP) is 4.70. The monoisotopic (exact) mass is 444 g/mol. The number of H-pyrrole nitrogens is 1. The summed E-state index contributed by atoms with van der Waals surface area (Å²) >= 11 is 9.27. The number of thiophene rings is 1. The molecular weight excluding hydrogens is 428 g/mol. The van der Waals surface area contributed by atoms with Crippen molar-refractivity contribution >= 4 is 44.9 Å². The van der Waals surface area contributed by atoms with Crippen molar-refractivity contribution in [3.05, 3.63) is 50.8 Å². The van der Waals surface area contributed by atoms with Gasteiger partial charge in [0.15, 0.2) is 0 Å². The van der Waals surface area contributed by atoms with Gasteiger partial charge in [0.1, 0.15) is 10.7 Å². The van der Waals surface area contributed by atoms with Crippen LogP contribution in [0.5, 0.6) is 0 Å². The van der Waals surface area contributed by atoms with Crippen LogP contribution >= 0.6 is 34.7 Å². The first kappa shape index (κ1) is 18.8. The van der Waals surface area contributed by atoms with Crippen LogP contribution in [0.15, 0.2) is 39.6 Å². The largest absolute Gasteiger partial charge is 0.309 e. The molecule has 3 heterocycles. The predicted molar refractivity (Wildman–Crippen MR) is 116 cm³/mol. The number of nitrogens with one attached hydrogen (secondary N) is 1. The number of fused-ring (bicyclic) bond motifs is 1. The lowest BCUT2D eigenvalue weighted by molar-refractivity contribution is 0.423. The number of tetrazole rings is 1. The number of aromatic amines is 1. The molecule has 1 fully saturated rings. The van der Waals surface area contributed by atoms with Gasteiger partial charge in [-0.25, -0.2) is 9.67 Å². The fraction of sp³-hybridized carbons (Fsp3) is 0.316. The number of hydrogen-bond acceptors (Lipinski definition) is 7. The van der Waals surface area contributed by atoms with Gasteiger partial charge < -0.3 is 4.98 Å². The van der Waals surface area contributed by atoms with Gasteiger partial charge in [0.05, 0.1) is 17.2 Å². The summed E-state index contributed by atoms with van der Waals surface area (Å²) in [5.41, 5.74) is 1.50. The molecule has 0 atom stereocenters. The lowest BCUT2D eigenvalue weighted by Crippen LogP contribution is -2.11. The van der Waals surface area contributed by atoms with Crippen molar-refractivity contribution in [3.8, 4) is 11.1 Å². The van der Waals surface area contributed by atoms with Gasteiger partial charge in [-0.15, -0.1) is 16.4 Å². The van der Waals surface area contributed by atoms with Gasteiger partial charge in [0, 0.05) is 21.5 Å². The summed E-state index contributed by atoms with van der Waals surface area (Å²) in [4.78, 5) is 21.1. The highest BCUT2D eigenvalue weighted by Gasteiger charge is 2.22. The van der Waals surface area contributed by atoms with Crippen LogP contribution in [0.25, 0.3) is 21.3 Å². The number of benzene rings is 1. The topological polar surface area (TPSA) is 89.4 Å². The van der Waals surface area contributed by atoms with Gasteiger partial charge in [-0.3, -0.25) is 4.79 Å². The SMILES string of the molecule is O=c1[nH]c(CSc2nnnn2C2CCCC2)nc2scc(-c3ccccc3Cl)c12. The minimum absolute atomic E-state index is 0.155. The molecule has 0 aliphatic heterocycles. The summed E-state index contributed by atoms with van der Waals surface area (Å²) in [6.07, 6.45) is 4.65. The van der Waals surface area contributed by atoms with Crippen molar-refractivity contribution in [2.24, 2.45) is 0 Å². The quantitative estimate of drug-likeness (QED) is 0.449. The molecule has 1 N–H and O–H groups in total. The Bertz CT molecular complexity index is 1230. The molecule has 7 nitrogen and oxygen atoms in total. The van der Waals surface area contributed by atoms with E-state index >= 15 is 0 Å². The zero-order valence-electron chi connectivity index (χ0n) is 15.3. The normalized spacial score (nSPS) is 14.8.